The Bertz CT molecular complexity index is 484. The summed E-state index contributed by atoms with van der Waals surface area (Å²) in [5, 5.41) is 5.58. The average Bonchev–Trinajstić information content (AvgIpc) is 2.38. The number of urea groups is 1. The van der Waals surface area contributed by atoms with Gasteiger partial charge < -0.3 is 15.5 Å². The van der Waals surface area contributed by atoms with Crippen LogP contribution in [-0.4, -0.2) is 37.0 Å². The van der Waals surface area contributed by atoms with Gasteiger partial charge in [-0.15, -0.1) is 0 Å². The maximum Gasteiger partial charge on any atom is 0.319 e. The van der Waals surface area contributed by atoms with Crippen molar-refractivity contribution in [2.24, 2.45) is 5.92 Å². The highest BCUT2D eigenvalue weighted by Crippen LogP contribution is 2.16. The van der Waals surface area contributed by atoms with Crippen LogP contribution < -0.4 is 10.6 Å². The van der Waals surface area contributed by atoms with Gasteiger partial charge in [-0.1, -0.05) is 26.0 Å². The molecule has 0 aliphatic heterocycles. The van der Waals surface area contributed by atoms with E-state index in [0.29, 0.717) is 17.2 Å². The van der Waals surface area contributed by atoms with Crippen LogP contribution in [0.5, 0.6) is 0 Å². The number of para-hydroxylation sites is 1. The van der Waals surface area contributed by atoms with Gasteiger partial charge >= 0.3 is 6.03 Å². The molecule has 0 aliphatic rings. The van der Waals surface area contributed by atoms with E-state index in [2.05, 4.69) is 10.6 Å². The summed E-state index contributed by atoms with van der Waals surface area (Å²) >= 11 is 0. The highest BCUT2D eigenvalue weighted by Gasteiger charge is 2.16. The molecule has 5 nitrogen and oxygen atoms in total. The number of nitrogens with zero attached hydrogens (tertiary/aromatic N) is 1. The summed E-state index contributed by atoms with van der Waals surface area (Å²) in [6.45, 7) is 6.02. The van der Waals surface area contributed by atoms with E-state index in [1.165, 1.54) is 4.90 Å². The molecule has 1 rings (SSSR count). The standard InChI is InChI=1S/C15H23N3O2/c1-10(2)11(3)16-15(20)17-13-9-7-6-8-12(13)14(19)18(4)5/h6-11H,1-5H3,(H2,16,17,20). The molecule has 1 atom stereocenters. The SMILES string of the molecule is CC(C)C(C)NC(=O)Nc1ccccc1C(=O)N(C)C. The van der Waals surface area contributed by atoms with Gasteiger partial charge in [-0.05, 0) is 25.0 Å². The fraction of sp³-hybridized carbons (Fsp3) is 0.467. The normalized spacial score (nSPS) is 11.9. The molecule has 0 aliphatic carbocycles. The van der Waals surface area contributed by atoms with Gasteiger partial charge in [0, 0.05) is 20.1 Å². The summed E-state index contributed by atoms with van der Waals surface area (Å²) < 4.78 is 0. The third-order valence-corrected chi connectivity index (χ3v) is 3.17. The lowest BCUT2D eigenvalue weighted by Crippen LogP contribution is -2.39. The van der Waals surface area contributed by atoms with Gasteiger partial charge in [-0.25, -0.2) is 4.79 Å². The number of hydrogen-bond acceptors (Lipinski definition) is 2. The third-order valence-electron chi connectivity index (χ3n) is 3.17. The Balaban J connectivity index is 2.83. The largest absolute Gasteiger partial charge is 0.345 e. The summed E-state index contributed by atoms with van der Waals surface area (Å²) in [7, 11) is 3.36. The van der Waals surface area contributed by atoms with Crippen molar-refractivity contribution in [3.05, 3.63) is 29.8 Å². The number of hydrogen-bond donors (Lipinski definition) is 2. The molecule has 1 aromatic rings. The maximum absolute atomic E-state index is 12.0. The Hall–Kier alpha value is -2.04. The lowest BCUT2D eigenvalue weighted by molar-refractivity contribution is 0.0828. The van der Waals surface area contributed by atoms with Gasteiger partial charge in [0.2, 0.25) is 0 Å². The van der Waals surface area contributed by atoms with Crippen molar-refractivity contribution < 1.29 is 9.59 Å². The van der Waals surface area contributed by atoms with E-state index < -0.39 is 0 Å². The highest BCUT2D eigenvalue weighted by molar-refractivity contribution is 6.03. The average molecular weight is 277 g/mol. The summed E-state index contributed by atoms with van der Waals surface area (Å²) in [6.07, 6.45) is 0. The second-order valence-electron chi connectivity index (χ2n) is 5.38. The van der Waals surface area contributed by atoms with Crippen LogP contribution in [0.2, 0.25) is 0 Å². The number of amides is 3. The predicted molar refractivity (Wildman–Crippen MR) is 80.9 cm³/mol. The first-order valence-corrected chi connectivity index (χ1v) is 6.71. The minimum atomic E-state index is -0.301. The zero-order valence-electron chi connectivity index (χ0n) is 12.7. The van der Waals surface area contributed by atoms with Gasteiger partial charge in [0.15, 0.2) is 0 Å². The number of rotatable bonds is 4. The topological polar surface area (TPSA) is 61.4 Å². The van der Waals surface area contributed by atoms with E-state index in [-0.39, 0.29) is 18.0 Å². The molecule has 5 heteroatoms. The van der Waals surface area contributed by atoms with Gasteiger partial charge in [-0.2, -0.15) is 0 Å². The molecular weight excluding hydrogens is 254 g/mol. The fourth-order valence-corrected chi connectivity index (χ4v) is 1.55. The smallest absolute Gasteiger partial charge is 0.319 e. The summed E-state index contributed by atoms with van der Waals surface area (Å²) in [6, 6.07) is 6.74. The van der Waals surface area contributed by atoms with Gasteiger partial charge in [-0.3, -0.25) is 4.79 Å². The van der Waals surface area contributed by atoms with E-state index in [0.717, 1.165) is 0 Å². The quantitative estimate of drug-likeness (QED) is 0.888. The third kappa shape index (κ3) is 4.26. The molecule has 1 unspecified atom stereocenters. The van der Waals surface area contributed by atoms with E-state index in [9.17, 15) is 9.59 Å². The van der Waals surface area contributed by atoms with Crippen LogP contribution in [0.4, 0.5) is 10.5 Å². The molecule has 0 bridgehead atoms. The van der Waals surface area contributed by atoms with Crippen LogP contribution in [0.1, 0.15) is 31.1 Å². The van der Waals surface area contributed by atoms with Crippen LogP contribution in [0.15, 0.2) is 24.3 Å². The van der Waals surface area contributed by atoms with Crippen LogP contribution in [0.25, 0.3) is 0 Å². The number of benzene rings is 1. The Morgan fingerprint density at radius 3 is 2.25 bits per heavy atom. The Labute approximate surface area is 120 Å². The molecular formula is C15H23N3O2. The molecule has 110 valence electrons. The van der Waals surface area contributed by atoms with Gasteiger partial charge in [0.1, 0.15) is 0 Å². The Kier molecular flexibility index (Phi) is 5.55. The molecule has 3 amide bonds. The van der Waals surface area contributed by atoms with Crippen LogP contribution in [0.3, 0.4) is 0 Å². The lowest BCUT2D eigenvalue weighted by atomic mass is 10.1. The van der Waals surface area contributed by atoms with Gasteiger partial charge in [0.05, 0.1) is 11.3 Å². The Morgan fingerprint density at radius 2 is 1.70 bits per heavy atom. The maximum atomic E-state index is 12.0. The second kappa shape index (κ2) is 6.93. The molecule has 0 fully saturated rings. The summed E-state index contributed by atoms with van der Waals surface area (Å²) in [5.41, 5.74) is 0.990. The van der Waals surface area contributed by atoms with Crippen LogP contribution >= 0.6 is 0 Å². The minimum Gasteiger partial charge on any atom is -0.345 e. The molecule has 0 spiro atoms. The van der Waals surface area contributed by atoms with Crippen LogP contribution in [-0.2, 0) is 0 Å². The molecule has 0 heterocycles. The zero-order chi connectivity index (χ0) is 15.3. The van der Waals surface area contributed by atoms with E-state index >= 15 is 0 Å². The highest BCUT2D eigenvalue weighted by atomic mass is 16.2. The predicted octanol–water partition coefficient (Wildman–Crippen LogP) is 2.55. The van der Waals surface area contributed by atoms with Crippen molar-refractivity contribution in [2.45, 2.75) is 26.8 Å². The number of carbonyl (C=O) groups is 2. The molecule has 0 radical (unpaired) electrons. The van der Waals surface area contributed by atoms with E-state index in [1.54, 1.807) is 38.4 Å². The summed E-state index contributed by atoms with van der Waals surface area (Å²) in [5.74, 6) is 0.206. The van der Waals surface area contributed by atoms with E-state index in [1.807, 2.05) is 20.8 Å². The fourth-order valence-electron chi connectivity index (χ4n) is 1.55. The molecule has 20 heavy (non-hydrogen) atoms. The first-order valence-electron chi connectivity index (χ1n) is 6.71. The van der Waals surface area contributed by atoms with Crippen molar-refractivity contribution in [3.8, 4) is 0 Å². The van der Waals surface area contributed by atoms with Crippen molar-refractivity contribution >= 4 is 17.6 Å². The molecule has 2 N–H and O–H groups in total. The van der Waals surface area contributed by atoms with Gasteiger partial charge in [0.25, 0.3) is 5.91 Å². The monoisotopic (exact) mass is 277 g/mol. The van der Waals surface area contributed by atoms with Crippen LogP contribution in [0, 0.1) is 5.92 Å². The van der Waals surface area contributed by atoms with Crippen molar-refractivity contribution in [3.63, 3.8) is 0 Å². The number of nitrogens with one attached hydrogen (secondary N) is 2. The molecule has 0 saturated carbocycles. The second-order valence-corrected chi connectivity index (χ2v) is 5.38. The number of carbonyl (C=O) groups excluding carboxylic acids is 2. The van der Waals surface area contributed by atoms with E-state index in [4.69, 9.17) is 0 Å². The number of anilines is 1. The van der Waals surface area contributed by atoms with Crippen molar-refractivity contribution in [1.82, 2.24) is 10.2 Å². The van der Waals surface area contributed by atoms with Crippen molar-refractivity contribution in [2.75, 3.05) is 19.4 Å². The first-order chi connectivity index (χ1) is 9.32. The van der Waals surface area contributed by atoms with Crippen molar-refractivity contribution in [1.29, 1.82) is 0 Å². The molecule has 1 aromatic carbocycles. The minimum absolute atomic E-state index is 0.0618. The lowest BCUT2D eigenvalue weighted by Gasteiger charge is -2.19. The zero-order valence-corrected chi connectivity index (χ0v) is 12.7. The molecule has 0 saturated heterocycles. The first kappa shape index (κ1) is 16.0. The molecule has 0 aromatic heterocycles. The summed E-state index contributed by atoms with van der Waals surface area (Å²) in [4.78, 5) is 25.4. The Morgan fingerprint density at radius 1 is 1.10 bits per heavy atom.